The second kappa shape index (κ2) is 7.45. The van der Waals surface area contributed by atoms with Crippen molar-refractivity contribution in [3.05, 3.63) is 70.1 Å². The Bertz CT molecular complexity index is 925. The third-order valence-corrected chi connectivity index (χ3v) is 6.71. The SMILES string of the molecule is [N-]=[N+]=NC1CC2CCCC(C1)N2C(=O)OCC1c2ccccc2-c2ccccc21. The van der Waals surface area contributed by atoms with Gasteiger partial charge in [-0.3, -0.25) is 0 Å². The number of hydrogen-bond donors (Lipinski definition) is 0. The predicted molar refractivity (Wildman–Crippen MR) is 111 cm³/mol. The van der Waals surface area contributed by atoms with E-state index in [0.717, 1.165) is 32.1 Å². The molecule has 0 aromatic heterocycles. The summed E-state index contributed by atoms with van der Waals surface area (Å²) >= 11 is 0. The maximum absolute atomic E-state index is 13.1. The van der Waals surface area contributed by atoms with Crippen LogP contribution >= 0.6 is 0 Å². The van der Waals surface area contributed by atoms with E-state index in [0.29, 0.717) is 6.61 Å². The second-order valence-corrected chi connectivity index (χ2v) is 8.28. The molecule has 0 saturated carbocycles. The number of rotatable bonds is 3. The molecule has 0 N–H and O–H groups in total. The number of ether oxygens (including phenoxy) is 1. The fourth-order valence-electron chi connectivity index (χ4n) is 5.49. The molecule has 5 rings (SSSR count). The molecule has 1 aliphatic carbocycles. The van der Waals surface area contributed by atoms with Gasteiger partial charge in [-0.1, -0.05) is 53.6 Å². The van der Waals surface area contributed by atoms with Gasteiger partial charge >= 0.3 is 6.09 Å². The Kier molecular flexibility index (Phi) is 4.64. The van der Waals surface area contributed by atoms with E-state index in [9.17, 15) is 4.79 Å². The average Bonchev–Trinajstić information content (AvgIpc) is 3.05. The number of azide groups is 1. The van der Waals surface area contributed by atoms with Crippen molar-refractivity contribution in [1.29, 1.82) is 0 Å². The molecule has 2 fully saturated rings. The molecule has 2 aromatic carbocycles. The Morgan fingerprint density at radius 3 is 2.21 bits per heavy atom. The summed E-state index contributed by atoms with van der Waals surface area (Å²) in [4.78, 5) is 18.0. The van der Waals surface area contributed by atoms with Gasteiger partial charge in [-0.25, -0.2) is 4.79 Å². The first-order chi connectivity index (χ1) is 14.3. The molecule has 2 heterocycles. The van der Waals surface area contributed by atoms with E-state index in [-0.39, 0.29) is 30.1 Å². The summed E-state index contributed by atoms with van der Waals surface area (Å²) in [5, 5.41) is 3.92. The minimum absolute atomic E-state index is 0.00654. The Hall–Kier alpha value is -2.98. The molecule has 1 amide bonds. The number of carbonyl (C=O) groups excluding carboxylic acids is 1. The van der Waals surface area contributed by atoms with Crippen molar-refractivity contribution in [2.45, 2.75) is 56.1 Å². The Morgan fingerprint density at radius 1 is 1.03 bits per heavy atom. The van der Waals surface area contributed by atoms with E-state index >= 15 is 0 Å². The summed E-state index contributed by atoms with van der Waals surface area (Å²) in [6, 6.07) is 17.0. The molecule has 2 aliphatic heterocycles. The maximum Gasteiger partial charge on any atom is 0.410 e. The highest BCUT2D eigenvalue weighted by molar-refractivity contribution is 5.79. The minimum atomic E-state index is -0.221. The second-order valence-electron chi connectivity index (χ2n) is 8.28. The molecular weight excluding hydrogens is 364 g/mol. The molecular formula is C23H24N4O2. The van der Waals surface area contributed by atoms with Crippen LogP contribution in [0.3, 0.4) is 0 Å². The first kappa shape index (κ1) is 18.1. The summed E-state index contributed by atoms with van der Waals surface area (Å²) in [5.41, 5.74) is 13.7. The molecule has 2 unspecified atom stereocenters. The fraction of sp³-hybridized carbons (Fsp3) is 0.435. The third-order valence-electron chi connectivity index (χ3n) is 6.71. The van der Waals surface area contributed by atoms with Crippen LogP contribution in [0.2, 0.25) is 0 Å². The normalized spacial score (nSPS) is 25.0. The zero-order valence-electron chi connectivity index (χ0n) is 16.3. The van der Waals surface area contributed by atoms with Crippen LogP contribution in [0.15, 0.2) is 53.6 Å². The van der Waals surface area contributed by atoms with Crippen molar-refractivity contribution in [3.8, 4) is 11.1 Å². The van der Waals surface area contributed by atoms with Gasteiger partial charge in [0, 0.05) is 29.0 Å². The molecule has 2 saturated heterocycles. The predicted octanol–water partition coefficient (Wildman–Crippen LogP) is 5.63. The average molecular weight is 388 g/mol. The summed E-state index contributed by atoms with van der Waals surface area (Å²) in [6.45, 7) is 0.350. The van der Waals surface area contributed by atoms with E-state index < -0.39 is 0 Å². The van der Waals surface area contributed by atoms with Crippen molar-refractivity contribution < 1.29 is 9.53 Å². The molecule has 6 nitrogen and oxygen atoms in total. The number of carbonyl (C=O) groups is 1. The monoisotopic (exact) mass is 388 g/mol. The highest BCUT2D eigenvalue weighted by Crippen LogP contribution is 2.45. The maximum atomic E-state index is 13.1. The highest BCUT2D eigenvalue weighted by Gasteiger charge is 2.42. The van der Waals surface area contributed by atoms with Gasteiger partial charge in [0.1, 0.15) is 6.61 Å². The lowest BCUT2D eigenvalue weighted by Gasteiger charge is -2.47. The van der Waals surface area contributed by atoms with Gasteiger partial charge in [-0.15, -0.1) is 0 Å². The first-order valence-corrected chi connectivity index (χ1v) is 10.4. The Balaban J connectivity index is 1.33. The van der Waals surface area contributed by atoms with E-state index in [2.05, 4.69) is 46.4 Å². The van der Waals surface area contributed by atoms with Crippen LogP contribution < -0.4 is 0 Å². The largest absolute Gasteiger partial charge is 0.448 e. The first-order valence-electron chi connectivity index (χ1n) is 10.4. The molecule has 2 bridgehead atoms. The van der Waals surface area contributed by atoms with Crippen LogP contribution in [0.4, 0.5) is 4.79 Å². The Labute approximate surface area is 170 Å². The number of hydrogen-bond acceptors (Lipinski definition) is 3. The van der Waals surface area contributed by atoms with Gasteiger partial charge in [0.25, 0.3) is 0 Å². The summed E-state index contributed by atoms with van der Waals surface area (Å²) in [7, 11) is 0. The van der Waals surface area contributed by atoms with Gasteiger partial charge in [-0.05, 0) is 59.9 Å². The van der Waals surface area contributed by atoms with Crippen molar-refractivity contribution in [2.24, 2.45) is 5.11 Å². The smallest absolute Gasteiger partial charge is 0.410 e. The molecule has 0 radical (unpaired) electrons. The number of piperidine rings is 2. The van der Waals surface area contributed by atoms with E-state index in [1.807, 2.05) is 17.0 Å². The van der Waals surface area contributed by atoms with E-state index in [1.54, 1.807) is 0 Å². The van der Waals surface area contributed by atoms with Gasteiger partial charge in [0.2, 0.25) is 0 Å². The summed E-state index contributed by atoms with van der Waals surface area (Å²) in [5.74, 6) is 0.0759. The molecule has 6 heteroatoms. The molecule has 2 aromatic rings. The standard InChI is InChI=1S/C23H24N4O2/c24-26-25-15-12-16-6-5-7-17(13-15)27(16)23(28)29-14-22-20-10-3-1-8-18(20)19-9-2-4-11-21(19)22/h1-4,8-11,15-17,22H,5-7,12-14H2. The number of fused-ring (bicyclic) bond motifs is 5. The van der Waals surface area contributed by atoms with Crippen LogP contribution in [-0.4, -0.2) is 35.7 Å². The number of benzene rings is 2. The fourth-order valence-corrected chi connectivity index (χ4v) is 5.49. The zero-order chi connectivity index (χ0) is 19.8. The van der Waals surface area contributed by atoms with Crippen molar-refractivity contribution in [2.75, 3.05) is 6.61 Å². The van der Waals surface area contributed by atoms with Crippen LogP contribution in [0.5, 0.6) is 0 Å². The van der Waals surface area contributed by atoms with E-state index in [4.69, 9.17) is 10.3 Å². The van der Waals surface area contributed by atoms with Crippen molar-refractivity contribution in [3.63, 3.8) is 0 Å². The summed E-state index contributed by atoms with van der Waals surface area (Å²) < 4.78 is 5.89. The lowest BCUT2D eigenvalue weighted by molar-refractivity contribution is 0.0168. The molecule has 148 valence electrons. The topological polar surface area (TPSA) is 78.3 Å². The number of amides is 1. The van der Waals surface area contributed by atoms with Gasteiger partial charge in [0.15, 0.2) is 0 Å². The van der Waals surface area contributed by atoms with Crippen LogP contribution in [0.25, 0.3) is 21.6 Å². The Morgan fingerprint density at radius 2 is 1.62 bits per heavy atom. The van der Waals surface area contributed by atoms with Crippen LogP contribution in [0.1, 0.15) is 49.1 Å². The number of nitrogens with zero attached hydrogens (tertiary/aromatic N) is 4. The molecule has 29 heavy (non-hydrogen) atoms. The van der Waals surface area contributed by atoms with Crippen molar-refractivity contribution in [1.82, 2.24) is 4.90 Å². The van der Waals surface area contributed by atoms with Crippen LogP contribution in [0, 0.1) is 0 Å². The lowest BCUT2D eigenvalue weighted by Crippen LogP contribution is -2.55. The van der Waals surface area contributed by atoms with Crippen molar-refractivity contribution >= 4 is 6.09 Å². The highest BCUT2D eigenvalue weighted by atomic mass is 16.6. The van der Waals surface area contributed by atoms with Crippen LogP contribution in [-0.2, 0) is 4.74 Å². The molecule has 0 spiro atoms. The van der Waals surface area contributed by atoms with Gasteiger partial charge < -0.3 is 9.64 Å². The summed E-state index contributed by atoms with van der Waals surface area (Å²) in [6.07, 6.45) is 4.29. The zero-order valence-corrected chi connectivity index (χ0v) is 16.3. The third kappa shape index (κ3) is 3.14. The van der Waals surface area contributed by atoms with Gasteiger partial charge in [0.05, 0.1) is 0 Å². The van der Waals surface area contributed by atoms with Gasteiger partial charge in [-0.2, -0.15) is 0 Å². The molecule has 2 atom stereocenters. The molecule has 3 aliphatic rings. The quantitative estimate of drug-likeness (QED) is 0.388. The van der Waals surface area contributed by atoms with E-state index in [1.165, 1.54) is 22.3 Å². The lowest BCUT2D eigenvalue weighted by atomic mass is 9.82. The minimum Gasteiger partial charge on any atom is -0.448 e.